The van der Waals surface area contributed by atoms with E-state index in [4.69, 9.17) is 14.6 Å². The van der Waals surface area contributed by atoms with E-state index in [1.807, 2.05) is 25.1 Å². The smallest absolute Gasteiger partial charge is 0.347 e. The van der Waals surface area contributed by atoms with Gasteiger partial charge in [-0.2, -0.15) is 0 Å². The van der Waals surface area contributed by atoms with Crippen molar-refractivity contribution in [2.75, 3.05) is 11.9 Å². The number of nitrogens with one attached hydrogen (secondary N) is 1. The maximum absolute atomic E-state index is 11.2. The lowest BCUT2D eigenvalue weighted by Crippen LogP contribution is -2.03. The second-order valence-corrected chi connectivity index (χ2v) is 7.58. The molecule has 0 aliphatic carbocycles. The van der Waals surface area contributed by atoms with E-state index in [0.29, 0.717) is 42.1 Å². The predicted octanol–water partition coefficient (Wildman–Crippen LogP) is 5.05. The second kappa shape index (κ2) is 9.43. The van der Waals surface area contributed by atoms with Crippen LogP contribution in [0.4, 0.5) is 5.13 Å². The Bertz CT molecular complexity index is 983. The Kier molecular flexibility index (Phi) is 6.72. The lowest BCUT2D eigenvalue weighted by Gasteiger charge is -2.14. The second-order valence-electron chi connectivity index (χ2n) is 6.58. The summed E-state index contributed by atoms with van der Waals surface area (Å²) in [5, 5.41) is 12.9. The van der Waals surface area contributed by atoms with Gasteiger partial charge in [0.1, 0.15) is 11.5 Å². The van der Waals surface area contributed by atoms with Crippen molar-refractivity contribution in [3.05, 3.63) is 69.7 Å². The van der Waals surface area contributed by atoms with Gasteiger partial charge in [-0.05, 0) is 44.0 Å². The molecule has 0 radical (unpaired) electrons. The fraction of sp³-hybridized carbons (Fsp3) is 0.273. The first kappa shape index (κ1) is 20.7. The molecule has 1 aromatic heterocycles. The Balaban J connectivity index is 1.67. The van der Waals surface area contributed by atoms with Gasteiger partial charge in [0, 0.05) is 6.54 Å². The van der Waals surface area contributed by atoms with Gasteiger partial charge in [-0.25, -0.2) is 9.78 Å². The van der Waals surface area contributed by atoms with Gasteiger partial charge in [0.25, 0.3) is 0 Å². The number of aromatic carboxylic acids is 1. The fourth-order valence-corrected chi connectivity index (χ4v) is 3.54. The molecule has 0 saturated heterocycles. The number of aryl methyl sites for hydroxylation is 2. The predicted molar refractivity (Wildman–Crippen MR) is 114 cm³/mol. The Morgan fingerprint density at radius 2 is 1.79 bits per heavy atom. The molecule has 2 N–H and O–H groups in total. The highest BCUT2D eigenvalue weighted by Gasteiger charge is 2.14. The number of hydrogen-bond donors (Lipinski definition) is 2. The molecule has 0 saturated carbocycles. The number of nitrogens with zero attached hydrogens (tertiary/aromatic N) is 1. The van der Waals surface area contributed by atoms with Crippen molar-refractivity contribution in [2.45, 2.75) is 33.9 Å². The van der Waals surface area contributed by atoms with Crippen molar-refractivity contribution in [3.8, 4) is 11.5 Å². The van der Waals surface area contributed by atoms with Crippen molar-refractivity contribution < 1.29 is 19.4 Å². The van der Waals surface area contributed by atoms with Crippen LogP contribution in [-0.4, -0.2) is 22.7 Å². The van der Waals surface area contributed by atoms with Crippen molar-refractivity contribution in [3.63, 3.8) is 0 Å². The van der Waals surface area contributed by atoms with Crippen LogP contribution in [0, 0.1) is 13.8 Å². The molecule has 0 aliphatic rings. The fourth-order valence-electron chi connectivity index (χ4n) is 2.74. The minimum absolute atomic E-state index is 0.252. The van der Waals surface area contributed by atoms with Gasteiger partial charge in [-0.1, -0.05) is 47.2 Å². The van der Waals surface area contributed by atoms with E-state index in [-0.39, 0.29) is 4.88 Å². The SMILES string of the molecule is CCOc1cc(CNc2nc(C)c(C(=O)O)s2)ccc1OCc1ccc(C)cc1. The number of carbonyl (C=O) groups is 1. The van der Waals surface area contributed by atoms with Crippen LogP contribution < -0.4 is 14.8 Å². The van der Waals surface area contributed by atoms with E-state index in [9.17, 15) is 4.79 Å². The summed E-state index contributed by atoms with van der Waals surface area (Å²) in [6.07, 6.45) is 0. The standard InChI is InChI=1S/C22H24N2O4S/c1-4-27-19-11-17(12-23-22-24-15(3)20(29-22)21(25)26)9-10-18(19)28-13-16-7-5-14(2)6-8-16/h5-11H,4,12-13H2,1-3H3,(H,23,24)(H,25,26). The largest absolute Gasteiger partial charge is 0.490 e. The van der Waals surface area contributed by atoms with Crippen molar-refractivity contribution in [1.29, 1.82) is 0 Å². The third-order valence-electron chi connectivity index (χ3n) is 4.26. The first-order chi connectivity index (χ1) is 14.0. The monoisotopic (exact) mass is 412 g/mol. The first-order valence-corrected chi connectivity index (χ1v) is 10.2. The van der Waals surface area contributed by atoms with Gasteiger partial charge in [0.2, 0.25) is 0 Å². The number of thiazole rings is 1. The van der Waals surface area contributed by atoms with Crippen LogP contribution in [0.5, 0.6) is 11.5 Å². The Morgan fingerprint density at radius 1 is 1.07 bits per heavy atom. The van der Waals surface area contributed by atoms with Crippen LogP contribution in [0.1, 0.15) is 39.0 Å². The summed E-state index contributed by atoms with van der Waals surface area (Å²) in [7, 11) is 0. The molecule has 152 valence electrons. The molecule has 29 heavy (non-hydrogen) atoms. The Hall–Kier alpha value is -3.06. The van der Waals surface area contributed by atoms with E-state index >= 15 is 0 Å². The van der Waals surface area contributed by atoms with E-state index in [0.717, 1.165) is 22.5 Å². The summed E-state index contributed by atoms with van der Waals surface area (Å²) in [6.45, 7) is 7.18. The van der Waals surface area contributed by atoms with Gasteiger partial charge >= 0.3 is 5.97 Å². The molecule has 0 aliphatic heterocycles. The molecule has 7 heteroatoms. The molecule has 0 amide bonds. The average molecular weight is 413 g/mol. The molecule has 0 atom stereocenters. The molecule has 0 spiro atoms. The van der Waals surface area contributed by atoms with Crippen molar-refractivity contribution >= 4 is 22.4 Å². The summed E-state index contributed by atoms with van der Waals surface area (Å²) in [5.41, 5.74) is 3.81. The number of carboxylic acids is 1. The van der Waals surface area contributed by atoms with Gasteiger partial charge < -0.3 is 19.9 Å². The molecule has 6 nitrogen and oxygen atoms in total. The third kappa shape index (κ3) is 5.48. The van der Waals surface area contributed by atoms with Gasteiger partial charge in [-0.15, -0.1) is 0 Å². The maximum Gasteiger partial charge on any atom is 0.347 e. The lowest BCUT2D eigenvalue weighted by atomic mass is 10.1. The zero-order valence-electron chi connectivity index (χ0n) is 16.7. The lowest BCUT2D eigenvalue weighted by molar-refractivity contribution is 0.0701. The number of benzene rings is 2. The summed E-state index contributed by atoms with van der Waals surface area (Å²) in [4.78, 5) is 15.7. The number of carboxylic acid groups (broad SMARTS) is 1. The molecular formula is C22H24N2O4S. The van der Waals surface area contributed by atoms with E-state index in [1.54, 1.807) is 6.92 Å². The zero-order chi connectivity index (χ0) is 20.8. The molecule has 2 aromatic carbocycles. The normalized spacial score (nSPS) is 10.6. The van der Waals surface area contributed by atoms with Crippen LogP contribution in [0.2, 0.25) is 0 Å². The van der Waals surface area contributed by atoms with E-state index < -0.39 is 5.97 Å². The van der Waals surface area contributed by atoms with Crippen LogP contribution >= 0.6 is 11.3 Å². The number of hydrogen-bond acceptors (Lipinski definition) is 6. The zero-order valence-corrected chi connectivity index (χ0v) is 17.5. The van der Waals surface area contributed by atoms with Gasteiger partial charge in [-0.3, -0.25) is 0 Å². The van der Waals surface area contributed by atoms with Gasteiger partial charge in [0.05, 0.1) is 12.3 Å². The Labute approximate surface area is 174 Å². The van der Waals surface area contributed by atoms with E-state index in [1.165, 1.54) is 5.56 Å². The van der Waals surface area contributed by atoms with Crippen LogP contribution in [0.25, 0.3) is 0 Å². The highest BCUT2D eigenvalue weighted by Crippen LogP contribution is 2.30. The number of aromatic nitrogens is 1. The highest BCUT2D eigenvalue weighted by molar-refractivity contribution is 7.17. The minimum Gasteiger partial charge on any atom is -0.490 e. The third-order valence-corrected chi connectivity index (χ3v) is 5.36. The summed E-state index contributed by atoms with van der Waals surface area (Å²) >= 11 is 1.13. The van der Waals surface area contributed by atoms with Crippen molar-refractivity contribution in [2.24, 2.45) is 0 Å². The van der Waals surface area contributed by atoms with Gasteiger partial charge in [0.15, 0.2) is 16.6 Å². The maximum atomic E-state index is 11.2. The van der Waals surface area contributed by atoms with Crippen LogP contribution in [0.3, 0.4) is 0 Å². The average Bonchev–Trinajstić information content (AvgIpc) is 3.08. The highest BCUT2D eigenvalue weighted by atomic mass is 32.1. The molecule has 3 rings (SSSR count). The molecule has 0 fully saturated rings. The molecule has 3 aromatic rings. The first-order valence-electron chi connectivity index (χ1n) is 9.35. The minimum atomic E-state index is -0.957. The van der Waals surface area contributed by atoms with Crippen LogP contribution in [-0.2, 0) is 13.2 Å². The van der Waals surface area contributed by atoms with Crippen molar-refractivity contribution in [1.82, 2.24) is 4.98 Å². The summed E-state index contributed by atoms with van der Waals surface area (Å²) < 4.78 is 11.7. The van der Waals surface area contributed by atoms with E-state index in [2.05, 4.69) is 41.5 Å². The molecule has 0 bridgehead atoms. The number of rotatable bonds is 9. The summed E-state index contributed by atoms with van der Waals surface area (Å²) in [5.74, 6) is 0.414. The molecular weight excluding hydrogens is 388 g/mol. The topological polar surface area (TPSA) is 80.7 Å². The van der Waals surface area contributed by atoms with Crippen LogP contribution in [0.15, 0.2) is 42.5 Å². The molecule has 0 unspecified atom stereocenters. The quantitative estimate of drug-likeness (QED) is 0.512. The Morgan fingerprint density at radius 3 is 2.45 bits per heavy atom. The summed E-state index contributed by atoms with van der Waals surface area (Å²) in [6, 6.07) is 14.0. The number of anilines is 1. The molecule has 1 heterocycles. The number of ether oxygens (including phenoxy) is 2.